The molecule has 0 unspecified atom stereocenters. The highest BCUT2D eigenvalue weighted by atomic mass is 15.0. The Bertz CT molecular complexity index is 382. The molecule has 0 aromatic heterocycles. The molecule has 0 bridgehead atoms. The second-order valence-electron chi connectivity index (χ2n) is 8.06. The van der Waals surface area contributed by atoms with Crippen LogP contribution in [0.3, 0.4) is 0 Å². The number of nitrogens with two attached hydrogens (primary N) is 2. The fraction of sp³-hybridized carbons (Fsp3) is 0.773. The predicted molar refractivity (Wildman–Crippen MR) is 119 cm³/mol. The van der Waals surface area contributed by atoms with E-state index in [-0.39, 0.29) is 0 Å². The highest BCUT2D eigenvalue weighted by Crippen LogP contribution is 2.15. The van der Waals surface area contributed by atoms with Gasteiger partial charge in [0.1, 0.15) is 0 Å². The van der Waals surface area contributed by atoms with Gasteiger partial charge in [-0.05, 0) is 49.1 Å². The first-order valence-corrected chi connectivity index (χ1v) is 10.3. The van der Waals surface area contributed by atoms with Crippen LogP contribution in [0.1, 0.15) is 80.1 Å². The summed E-state index contributed by atoms with van der Waals surface area (Å²) in [6.45, 7) is 18.7. The fourth-order valence-electron chi connectivity index (χ4n) is 2.20. The van der Waals surface area contributed by atoms with Crippen LogP contribution in [0.5, 0.6) is 0 Å². The molecule has 5 N–H and O–H groups in total. The van der Waals surface area contributed by atoms with Crippen molar-refractivity contribution in [1.82, 2.24) is 5.32 Å². The number of unbranched alkanes of at least 4 members (excludes halogenated alkanes) is 1. The molecule has 0 amide bonds. The van der Waals surface area contributed by atoms with E-state index in [1.807, 2.05) is 12.4 Å². The molecule has 0 atom stereocenters. The molecule has 0 aliphatic carbocycles. The number of nitrogens with one attached hydrogen (secondary N) is 1. The SMILES string of the molecule is C=C(N)NCCCC(C)C.CC(C)C1=CN=CC1.CC(C)CCCCN. The zero-order chi connectivity index (χ0) is 20.4. The summed E-state index contributed by atoms with van der Waals surface area (Å²) in [5, 5.41) is 2.98. The second kappa shape index (κ2) is 18.5. The highest BCUT2D eigenvalue weighted by Gasteiger charge is 2.03. The number of aliphatic imine (C=N–C) groups is 1. The largest absolute Gasteiger partial charge is 0.386 e. The Morgan fingerprint density at radius 2 is 1.65 bits per heavy atom. The fourth-order valence-corrected chi connectivity index (χ4v) is 2.20. The van der Waals surface area contributed by atoms with E-state index in [0.717, 1.165) is 31.3 Å². The van der Waals surface area contributed by atoms with Crippen LogP contribution >= 0.6 is 0 Å². The smallest absolute Gasteiger partial charge is 0.0885 e. The molecule has 0 aromatic rings. The highest BCUT2D eigenvalue weighted by molar-refractivity contribution is 5.65. The summed E-state index contributed by atoms with van der Waals surface area (Å²) < 4.78 is 0. The number of hydrogen-bond acceptors (Lipinski definition) is 4. The van der Waals surface area contributed by atoms with E-state index >= 15 is 0 Å². The first-order chi connectivity index (χ1) is 12.2. The van der Waals surface area contributed by atoms with Gasteiger partial charge in [0.25, 0.3) is 0 Å². The van der Waals surface area contributed by atoms with Crippen LogP contribution in [-0.2, 0) is 0 Å². The molecule has 1 aliphatic rings. The first kappa shape index (κ1) is 26.9. The normalized spacial score (nSPS) is 12.5. The molecule has 1 heterocycles. The van der Waals surface area contributed by atoms with E-state index in [1.54, 1.807) is 0 Å². The maximum atomic E-state index is 5.31. The Morgan fingerprint density at radius 3 is 2.00 bits per heavy atom. The molecular weight excluding hydrogens is 320 g/mol. The third-order valence-corrected chi connectivity index (χ3v) is 3.96. The molecule has 0 saturated carbocycles. The molecule has 0 saturated heterocycles. The first-order valence-electron chi connectivity index (χ1n) is 10.3. The van der Waals surface area contributed by atoms with Crippen molar-refractivity contribution in [2.45, 2.75) is 80.1 Å². The zero-order valence-electron chi connectivity index (χ0n) is 18.4. The summed E-state index contributed by atoms with van der Waals surface area (Å²) in [6.07, 6.45) is 11.2. The molecule has 4 nitrogen and oxygen atoms in total. The molecule has 0 fully saturated rings. The lowest BCUT2D eigenvalue weighted by molar-refractivity contribution is 0.541. The third kappa shape index (κ3) is 22.7. The lowest BCUT2D eigenvalue weighted by Crippen LogP contribution is -2.19. The molecule has 0 aromatic carbocycles. The number of nitrogens with zero attached hydrogens (tertiary/aromatic N) is 1. The maximum absolute atomic E-state index is 5.31. The summed E-state index contributed by atoms with van der Waals surface area (Å²) >= 11 is 0. The number of rotatable bonds is 10. The van der Waals surface area contributed by atoms with Crippen molar-refractivity contribution < 1.29 is 0 Å². The topological polar surface area (TPSA) is 76.4 Å². The Labute approximate surface area is 163 Å². The van der Waals surface area contributed by atoms with E-state index in [0.29, 0.717) is 11.7 Å². The standard InChI is InChI=1S/C8H18N2.C7H11N.C7H17N/c1-7(2)5-4-6-10-8(3)9;1-6(2)7-3-4-8-5-7;1-7(2)5-3-4-6-8/h7,10H,3-6,9H2,1-2H3;4-6H,3H2,1-2H3;7H,3-6,8H2,1-2H3. The van der Waals surface area contributed by atoms with Gasteiger partial charge >= 0.3 is 0 Å². The molecule has 1 aliphatic heterocycles. The van der Waals surface area contributed by atoms with Crippen LogP contribution < -0.4 is 16.8 Å². The Morgan fingerprint density at radius 1 is 1.08 bits per heavy atom. The van der Waals surface area contributed by atoms with Gasteiger partial charge in [-0.2, -0.15) is 0 Å². The van der Waals surface area contributed by atoms with Crippen molar-refractivity contribution in [3.63, 3.8) is 0 Å². The maximum Gasteiger partial charge on any atom is 0.0885 e. The van der Waals surface area contributed by atoms with Crippen molar-refractivity contribution in [3.8, 4) is 0 Å². The lowest BCUT2D eigenvalue weighted by Gasteiger charge is -2.05. The van der Waals surface area contributed by atoms with Gasteiger partial charge in [0.2, 0.25) is 0 Å². The quantitative estimate of drug-likeness (QED) is 0.464. The van der Waals surface area contributed by atoms with E-state index in [4.69, 9.17) is 11.5 Å². The van der Waals surface area contributed by atoms with Gasteiger partial charge in [-0.1, -0.05) is 61.0 Å². The summed E-state index contributed by atoms with van der Waals surface area (Å²) in [4.78, 5) is 4.00. The molecule has 0 spiro atoms. The van der Waals surface area contributed by atoms with Crippen LogP contribution in [0.4, 0.5) is 0 Å². The van der Waals surface area contributed by atoms with E-state index < -0.39 is 0 Å². The van der Waals surface area contributed by atoms with Gasteiger partial charge in [-0.25, -0.2) is 0 Å². The Balaban J connectivity index is 0. The van der Waals surface area contributed by atoms with Gasteiger partial charge in [0, 0.05) is 25.4 Å². The van der Waals surface area contributed by atoms with Crippen LogP contribution in [0, 0.1) is 17.8 Å². The predicted octanol–water partition coefficient (Wildman–Crippen LogP) is 5.21. The van der Waals surface area contributed by atoms with Crippen molar-refractivity contribution >= 4 is 6.21 Å². The van der Waals surface area contributed by atoms with Crippen LogP contribution in [0.15, 0.2) is 29.2 Å². The lowest BCUT2D eigenvalue weighted by atomic mass is 10.0. The van der Waals surface area contributed by atoms with Crippen molar-refractivity contribution in [3.05, 3.63) is 24.2 Å². The van der Waals surface area contributed by atoms with Crippen LogP contribution in [-0.4, -0.2) is 19.3 Å². The summed E-state index contributed by atoms with van der Waals surface area (Å²) in [7, 11) is 0. The summed E-state index contributed by atoms with van der Waals surface area (Å²) in [5.41, 5.74) is 12.1. The minimum absolute atomic E-state index is 0.573. The minimum Gasteiger partial charge on any atom is -0.386 e. The van der Waals surface area contributed by atoms with Gasteiger partial charge in [-0.3, -0.25) is 4.99 Å². The Kier molecular flexibility index (Phi) is 19.2. The van der Waals surface area contributed by atoms with Crippen LogP contribution in [0.2, 0.25) is 0 Å². The summed E-state index contributed by atoms with van der Waals surface area (Å²) in [6, 6.07) is 0. The van der Waals surface area contributed by atoms with Gasteiger partial charge in [0.15, 0.2) is 0 Å². The average molecular weight is 367 g/mol. The number of allylic oxidation sites excluding steroid dienone is 1. The van der Waals surface area contributed by atoms with Gasteiger partial charge in [-0.15, -0.1) is 0 Å². The zero-order valence-corrected chi connectivity index (χ0v) is 18.4. The van der Waals surface area contributed by atoms with E-state index in [1.165, 1.54) is 37.7 Å². The molecular formula is C22H46N4. The van der Waals surface area contributed by atoms with Crippen molar-refractivity contribution in [2.75, 3.05) is 13.1 Å². The van der Waals surface area contributed by atoms with E-state index in [2.05, 4.69) is 58.4 Å². The Hall–Kier alpha value is -1.29. The second-order valence-corrected chi connectivity index (χ2v) is 8.06. The average Bonchev–Trinajstić information content (AvgIpc) is 3.07. The van der Waals surface area contributed by atoms with Crippen molar-refractivity contribution in [2.24, 2.45) is 34.2 Å². The van der Waals surface area contributed by atoms with E-state index in [9.17, 15) is 0 Å². The van der Waals surface area contributed by atoms with Crippen LogP contribution in [0.25, 0.3) is 0 Å². The molecule has 4 heteroatoms. The molecule has 0 radical (unpaired) electrons. The molecule has 154 valence electrons. The van der Waals surface area contributed by atoms with Crippen molar-refractivity contribution in [1.29, 1.82) is 0 Å². The third-order valence-electron chi connectivity index (χ3n) is 3.96. The van der Waals surface area contributed by atoms with Gasteiger partial charge in [0.05, 0.1) is 5.82 Å². The number of hydrogen-bond donors (Lipinski definition) is 3. The molecule has 26 heavy (non-hydrogen) atoms. The monoisotopic (exact) mass is 366 g/mol. The molecule has 1 rings (SSSR count). The summed E-state index contributed by atoms with van der Waals surface area (Å²) in [5.74, 6) is 2.88. The van der Waals surface area contributed by atoms with Gasteiger partial charge < -0.3 is 16.8 Å². The minimum atomic E-state index is 0.573.